The number of rotatable bonds is 6. The monoisotopic (exact) mass is 367 g/mol. The predicted molar refractivity (Wildman–Crippen MR) is 107 cm³/mol. The predicted octanol–water partition coefficient (Wildman–Crippen LogP) is 3.14. The van der Waals surface area contributed by atoms with Crippen molar-refractivity contribution in [3.05, 3.63) is 48.5 Å². The molecule has 2 aromatic carbocycles. The fraction of sp³-hybridized carbons (Fsp3) is 0.333. The molecule has 1 unspecified atom stereocenters. The quantitative estimate of drug-likeness (QED) is 0.852. The zero-order valence-electron chi connectivity index (χ0n) is 15.9. The number of nitrogens with one attached hydrogen (secondary N) is 1. The third-order valence-corrected chi connectivity index (χ3v) is 4.61. The van der Waals surface area contributed by atoms with Crippen molar-refractivity contribution in [2.24, 2.45) is 5.92 Å². The molecule has 0 aliphatic carbocycles. The summed E-state index contributed by atoms with van der Waals surface area (Å²) in [6.07, 6.45) is 0.217. The maximum atomic E-state index is 12.6. The van der Waals surface area contributed by atoms with Crippen LogP contribution in [0.2, 0.25) is 0 Å². The molecule has 0 spiro atoms. The van der Waals surface area contributed by atoms with E-state index in [1.165, 1.54) is 0 Å². The zero-order valence-corrected chi connectivity index (χ0v) is 15.9. The summed E-state index contributed by atoms with van der Waals surface area (Å²) >= 11 is 0. The van der Waals surface area contributed by atoms with E-state index in [0.717, 1.165) is 22.8 Å². The first-order valence-electron chi connectivity index (χ1n) is 9.09. The Kier molecular flexibility index (Phi) is 5.64. The van der Waals surface area contributed by atoms with Crippen molar-refractivity contribution in [2.75, 3.05) is 42.4 Å². The average molecular weight is 367 g/mol. The highest BCUT2D eigenvalue weighted by Crippen LogP contribution is 2.28. The van der Waals surface area contributed by atoms with Gasteiger partial charge in [0.2, 0.25) is 11.8 Å². The van der Waals surface area contributed by atoms with Gasteiger partial charge in [-0.15, -0.1) is 0 Å². The van der Waals surface area contributed by atoms with E-state index in [1.807, 2.05) is 74.4 Å². The maximum Gasteiger partial charge on any atom is 0.229 e. The van der Waals surface area contributed by atoms with Gasteiger partial charge in [0.15, 0.2) is 0 Å². The summed E-state index contributed by atoms with van der Waals surface area (Å²) in [5, 5.41) is 2.91. The van der Waals surface area contributed by atoms with Crippen LogP contribution in [-0.4, -0.2) is 39.1 Å². The molecule has 6 nitrogen and oxygen atoms in total. The average Bonchev–Trinajstić information content (AvgIpc) is 3.05. The molecule has 1 saturated heterocycles. The summed E-state index contributed by atoms with van der Waals surface area (Å²) in [7, 11) is 3.93. The molecule has 142 valence electrons. The fourth-order valence-electron chi connectivity index (χ4n) is 3.11. The van der Waals surface area contributed by atoms with Crippen LogP contribution in [0.3, 0.4) is 0 Å². The van der Waals surface area contributed by atoms with Crippen LogP contribution >= 0.6 is 0 Å². The molecule has 3 rings (SSSR count). The zero-order chi connectivity index (χ0) is 19.4. The standard InChI is InChI=1S/C21H25N3O3/c1-4-27-19-11-9-18(10-12-19)24-14-15(13-20(24)25)21(26)22-16-5-7-17(8-6-16)23(2)3/h5-12,15H,4,13-14H2,1-3H3,(H,22,26). The number of anilines is 3. The van der Waals surface area contributed by atoms with E-state index in [4.69, 9.17) is 4.74 Å². The second-order valence-electron chi connectivity index (χ2n) is 6.76. The molecule has 0 saturated carbocycles. The molecular formula is C21H25N3O3. The molecule has 1 N–H and O–H groups in total. The molecule has 0 bridgehead atoms. The largest absolute Gasteiger partial charge is 0.494 e. The number of hydrogen-bond donors (Lipinski definition) is 1. The second kappa shape index (κ2) is 8.12. The number of benzene rings is 2. The van der Waals surface area contributed by atoms with Crippen LogP contribution < -0.4 is 19.9 Å². The first kappa shape index (κ1) is 18.8. The minimum Gasteiger partial charge on any atom is -0.494 e. The van der Waals surface area contributed by atoms with Crippen molar-refractivity contribution in [3.63, 3.8) is 0 Å². The fourth-order valence-corrected chi connectivity index (χ4v) is 3.11. The maximum absolute atomic E-state index is 12.6. The number of amides is 2. The lowest BCUT2D eigenvalue weighted by Crippen LogP contribution is -2.28. The molecule has 1 atom stereocenters. The normalized spacial score (nSPS) is 16.3. The van der Waals surface area contributed by atoms with Crippen molar-refractivity contribution < 1.29 is 14.3 Å². The van der Waals surface area contributed by atoms with Gasteiger partial charge in [0.25, 0.3) is 0 Å². The van der Waals surface area contributed by atoms with E-state index in [2.05, 4.69) is 5.32 Å². The molecule has 2 amide bonds. The molecule has 0 radical (unpaired) electrons. The molecule has 1 fully saturated rings. The highest BCUT2D eigenvalue weighted by Gasteiger charge is 2.35. The Hall–Kier alpha value is -3.02. The number of nitrogens with zero attached hydrogens (tertiary/aromatic N) is 2. The highest BCUT2D eigenvalue weighted by molar-refractivity contribution is 6.03. The van der Waals surface area contributed by atoms with Crippen molar-refractivity contribution >= 4 is 28.9 Å². The molecule has 1 aliphatic heterocycles. The summed E-state index contributed by atoms with van der Waals surface area (Å²) < 4.78 is 5.43. The third-order valence-electron chi connectivity index (χ3n) is 4.61. The van der Waals surface area contributed by atoms with Crippen LogP contribution in [0.4, 0.5) is 17.1 Å². The molecule has 27 heavy (non-hydrogen) atoms. The van der Waals surface area contributed by atoms with Crippen LogP contribution in [0.15, 0.2) is 48.5 Å². The third kappa shape index (κ3) is 4.39. The number of carbonyl (C=O) groups excluding carboxylic acids is 2. The smallest absolute Gasteiger partial charge is 0.229 e. The topological polar surface area (TPSA) is 61.9 Å². The Bertz CT molecular complexity index is 800. The van der Waals surface area contributed by atoms with Gasteiger partial charge in [-0.1, -0.05) is 0 Å². The van der Waals surface area contributed by atoms with Crippen molar-refractivity contribution in [1.82, 2.24) is 0 Å². The van der Waals surface area contributed by atoms with Gasteiger partial charge < -0.3 is 19.9 Å². The Morgan fingerprint density at radius 3 is 2.41 bits per heavy atom. The van der Waals surface area contributed by atoms with Gasteiger partial charge in [-0.05, 0) is 55.5 Å². The Labute approximate surface area is 159 Å². The highest BCUT2D eigenvalue weighted by atomic mass is 16.5. The van der Waals surface area contributed by atoms with E-state index < -0.39 is 0 Å². The lowest BCUT2D eigenvalue weighted by atomic mass is 10.1. The minimum atomic E-state index is -0.363. The summed E-state index contributed by atoms with van der Waals surface area (Å²) in [4.78, 5) is 28.6. The van der Waals surface area contributed by atoms with Crippen LogP contribution in [-0.2, 0) is 9.59 Å². The first-order chi connectivity index (χ1) is 13.0. The van der Waals surface area contributed by atoms with Gasteiger partial charge in [0, 0.05) is 44.1 Å². The molecule has 0 aromatic heterocycles. The summed E-state index contributed by atoms with van der Waals surface area (Å²) in [5.41, 5.74) is 2.58. The lowest BCUT2D eigenvalue weighted by Gasteiger charge is -2.17. The molecular weight excluding hydrogens is 342 g/mol. The number of hydrogen-bond acceptors (Lipinski definition) is 4. The van der Waals surface area contributed by atoms with E-state index in [-0.39, 0.29) is 24.2 Å². The van der Waals surface area contributed by atoms with Gasteiger partial charge in [-0.2, -0.15) is 0 Å². The van der Waals surface area contributed by atoms with Gasteiger partial charge in [0.05, 0.1) is 12.5 Å². The van der Waals surface area contributed by atoms with Crippen LogP contribution in [0.25, 0.3) is 0 Å². The minimum absolute atomic E-state index is 0.0396. The Balaban J connectivity index is 1.63. The Morgan fingerprint density at radius 2 is 1.81 bits per heavy atom. The van der Waals surface area contributed by atoms with E-state index in [0.29, 0.717) is 13.2 Å². The first-order valence-corrected chi connectivity index (χ1v) is 9.09. The lowest BCUT2D eigenvalue weighted by molar-refractivity contribution is -0.122. The number of carbonyl (C=O) groups is 2. The van der Waals surface area contributed by atoms with Gasteiger partial charge in [-0.25, -0.2) is 0 Å². The molecule has 1 heterocycles. The van der Waals surface area contributed by atoms with Crippen molar-refractivity contribution in [3.8, 4) is 5.75 Å². The Morgan fingerprint density at radius 1 is 1.15 bits per heavy atom. The van der Waals surface area contributed by atoms with Gasteiger partial charge >= 0.3 is 0 Å². The van der Waals surface area contributed by atoms with Crippen LogP contribution in [0.5, 0.6) is 5.75 Å². The van der Waals surface area contributed by atoms with E-state index >= 15 is 0 Å². The molecule has 2 aromatic rings. The second-order valence-corrected chi connectivity index (χ2v) is 6.76. The van der Waals surface area contributed by atoms with Crippen molar-refractivity contribution in [2.45, 2.75) is 13.3 Å². The molecule has 1 aliphatic rings. The van der Waals surface area contributed by atoms with E-state index in [9.17, 15) is 9.59 Å². The van der Waals surface area contributed by atoms with Crippen molar-refractivity contribution in [1.29, 1.82) is 0 Å². The molecule has 6 heteroatoms. The number of ether oxygens (including phenoxy) is 1. The summed E-state index contributed by atoms with van der Waals surface area (Å²) in [5.74, 6) is 0.234. The van der Waals surface area contributed by atoms with Crippen LogP contribution in [0.1, 0.15) is 13.3 Å². The van der Waals surface area contributed by atoms with Gasteiger partial charge in [-0.3, -0.25) is 9.59 Å². The van der Waals surface area contributed by atoms with Crippen LogP contribution in [0, 0.1) is 5.92 Å². The van der Waals surface area contributed by atoms with Gasteiger partial charge in [0.1, 0.15) is 5.75 Å². The summed E-state index contributed by atoms with van der Waals surface area (Å²) in [6.45, 7) is 2.91. The van der Waals surface area contributed by atoms with E-state index in [1.54, 1.807) is 4.90 Å². The SMILES string of the molecule is CCOc1ccc(N2CC(C(=O)Nc3ccc(N(C)C)cc3)CC2=O)cc1. The summed E-state index contributed by atoms with van der Waals surface area (Å²) in [6, 6.07) is 15.0.